The minimum atomic E-state index is -0.737. The Morgan fingerprint density at radius 2 is 1.84 bits per heavy atom. The summed E-state index contributed by atoms with van der Waals surface area (Å²) in [6, 6.07) is 0. The van der Waals surface area contributed by atoms with Gasteiger partial charge in [-0.1, -0.05) is 0 Å². The summed E-state index contributed by atoms with van der Waals surface area (Å²) in [6.07, 6.45) is 2.37. The molecule has 1 amide bonds. The zero-order chi connectivity index (χ0) is 14.5. The first-order valence-corrected chi connectivity index (χ1v) is 7.02. The number of hydrogen-bond donors (Lipinski definition) is 2. The van der Waals surface area contributed by atoms with Crippen LogP contribution in [0.2, 0.25) is 0 Å². The molecule has 2 N–H and O–H groups in total. The fourth-order valence-electron chi connectivity index (χ4n) is 2.34. The van der Waals surface area contributed by atoms with Crippen LogP contribution in [-0.4, -0.2) is 47.1 Å². The molecule has 5 nitrogen and oxygen atoms in total. The fourth-order valence-corrected chi connectivity index (χ4v) is 2.34. The van der Waals surface area contributed by atoms with Crippen LogP contribution in [0.15, 0.2) is 0 Å². The van der Waals surface area contributed by atoms with Gasteiger partial charge in [-0.2, -0.15) is 0 Å². The maximum atomic E-state index is 12.0. The number of amides is 1. The quantitative estimate of drug-likeness (QED) is 0.794. The standard InChI is InChI=1S/C14H26N2O3/c1-14(2,3)15-7-4-12(17)16-8-5-11(6-9-16)10-13(18)19/h11,15H,4-10H2,1-3H3,(H,18,19). The van der Waals surface area contributed by atoms with Gasteiger partial charge >= 0.3 is 5.97 Å². The van der Waals surface area contributed by atoms with E-state index in [0.717, 1.165) is 12.8 Å². The Bertz CT molecular complexity index is 315. The monoisotopic (exact) mass is 270 g/mol. The Labute approximate surface area is 115 Å². The van der Waals surface area contributed by atoms with E-state index in [1.165, 1.54) is 0 Å². The zero-order valence-corrected chi connectivity index (χ0v) is 12.2. The Kier molecular flexibility index (Phi) is 5.79. The second-order valence-corrected chi connectivity index (χ2v) is 6.35. The Balaban J connectivity index is 2.23. The van der Waals surface area contributed by atoms with Crippen LogP contribution in [0.4, 0.5) is 0 Å². The van der Waals surface area contributed by atoms with E-state index in [0.29, 0.717) is 26.1 Å². The summed E-state index contributed by atoms with van der Waals surface area (Å²) in [5, 5.41) is 12.0. The third kappa shape index (κ3) is 6.57. The predicted molar refractivity (Wildman–Crippen MR) is 73.9 cm³/mol. The molecule has 1 heterocycles. The number of piperidine rings is 1. The molecule has 1 aliphatic rings. The molecule has 1 rings (SSSR count). The number of carbonyl (C=O) groups excluding carboxylic acids is 1. The van der Waals surface area contributed by atoms with Gasteiger partial charge in [0, 0.05) is 38.0 Å². The third-order valence-corrected chi connectivity index (χ3v) is 3.42. The lowest BCUT2D eigenvalue weighted by atomic mass is 9.93. The number of nitrogens with zero attached hydrogens (tertiary/aromatic N) is 1. The number of carboxylic acid groups (broad SMARTS) is 1. The number of carbonyl (C=O) groups is 2. The largest absolute Gasteiger partial charge is 0.481 e. The lowest BCUT2D eigenvalue weighted by Crippen LogP contribution is -2.42. The number of rotatable bonds is 5. The van der Waals surface area contributed by atoms with Gasteiger partial charge in [-0.05, 0) is 39.5 Å². The van der Waals surface area contributed by atoms with Crippen molar-refractivity contribution in [1.82, 2.24) is 10.2 Å². The molecule has 0 saturated carbocycles. The molecule has 0 aliphatic carbocycles. The van der Waals surface area contributed by atoms with Gasteiger partial charge in [0.2, 0.25) is 5.91 Å². The topological polar surface area (TPSA) is 69.6 Å². The summed E-state index contributed by atoms with van der Waals surface area (Å²) in [6.45, 7) is 8.33. The smallest absolute Gasteiger partial charge is 0.303 e. The van der Waals surface area contributed by atoms with Gasteiger partial charge in [0.25, 0.3) is 0 Å². The van der Waals surface area contributed by atoms with Crippen molar-refractivity contribution >= 4 is 11.9 Å². The van der Waals surface area contributed by atoms with Crippen molar-refractivity contribution in [3.05, 3.63) is 0 Å². The highest BCUT2D eigenvalue weighted by atomic mass is 16.4. The van der Waals surface area contributed by atoms with E-state index in [9.17, 15) is 9.59 Å². The van der Waals surface area contributed by atoms with E-state index >= 15 is 0 Å². The molecule has 1 saturated heterocycles. The van der Waals surface area contributed by atoms with Crippen LogP contribution in [-0.2, 0) is 9.59 Å². The summed E-state index contributed by atoms with van der Waals surface area (Å²) in [5.74, 6) is -0.334. The average molecular weight is 270 g/mol. The first-order chi connectivity index (χ1) is 8.78. The average Bonchev–Trinajstić information content (AvgIpc) is 2.27. The molecule has 0 unspecified atom stereocenters. The number of carboxylic acids is 1. The van der Waals surface area contributed by atoms with E-state index in [4.69, 9.17) is 5.11 Å². The molecular formula is C14H26N2O3. The first kappa shape index (κ1) is 16.0. The van der Waals surface area contributed by atoms with Gasteiger partial charge in [-0.15, -0.1) is 0 Å². The fraction of sp³-hybridized carbons (Fsp3) is 0.857. The Morgan fingerprint density at radius 1 is 1.26 bits per heavy atom. The molecule has 1 fully saturated rings. The molecule has 0 aromatic carbocycles. The Morgan fingerprint density at radius 3 is 2.32 bits per heavy atom. The van der Waals surface area contributed by atoms with Crippen molar-refractivity contribution in [1.29, 1.82) is 0 Å². The molecule has 0 atom stereocenters. The minimum Gasteiger partial charge on any atom is -0.481 e. The summed E-state index contributed by atoms with van der Waals surface area (Å²) in [5.41, 5.74) is 0.0365. The van der Waals surface area contributed by atoms with Gasteiger partial charge in [0.1, 0.15) is 0 Å². The van der Waals surface area contributed by atoms with Crippen molar-refractivity contribution in [2.24, 2.45) is 5.92 Å². The Hall–Kier alpha value is -1.10. The van der Waals surface area contributed by atoms with Crippen LogP contribution in [0.25, 0.3) is 0 Å². The van der Waals surface area contributed by atoms with Gasteiger partial charge in [0.05, 0.1) is 0 Å². The molecule has 0 spiro atoms. The van der Waals surface area contributed by atoms with Crippen molar-refractivity contribution in [3.8, 4) is 0 Å². The highest BCUT2D eigenvalue weighted by molar-refractivity contribution is 5.76. The molecule has 0 aromatic rings. The molecule has 1 aliphatic heterocycles. The van der Waals surface area contributed by atoms with Crippen molar-refractivity contribution in [2.45, 2.75) is 52.0 Å². The van der Waals surface area contributed by atoms with E-state index in [1.54, 1.807) is 0 Å². The predicted octanol–water partition coefficient (Wildman–Crippen LogP) is 1.48. The molecular weight excluding hydrogens is 244 g/mol. The van der Waals surface area contributed by atoms with Crippen LogP contribution in [0, 0.1) is 5.92 Å². The molecule has 19 heavy (non-hydrogen) atoms. The number of likely N-dealkylation sites (tertiary alicyclic amines) is 1. The second kappa shape index (κ2) is 6.89. The lowest BCUT2D eigenvalue weighted by Gasteiger charge is -2.31. The van der Waals surface area contributed by atoms with E-state index in [1.807, 2.05) is 4.90 Å². The third-order valence-electron chi connectivity index (χ3n) is 3.42. The molecule has 0 aromatic heterocycles. The maximum absolute atomic E-state index is 12.0. The van der Waals surface area contributed by atoms with Gasteiger partial charge in [-0.25, -0.2) is 0 Å². The molecule has 0 radical (unpaired) electrons. The summed E-state index contributed by atoms with van der Waals surface area (Å²) < 4.78 is 0. The molecule has 0 bridgehead atoms. The van der Waals surface area contributed by atoms with Crippen LogP contribution in [0.3, 0.4) is 0 Å². The summed E-state index contributed by atoms with van der Waals surface area (Å²) in [4.78, 5) is 24.5. The zero-order valence-electron chi connectivity index (χ0n) is 12.2. The van der Waals surface area contributed by atoms with Crippen molar-refractivity contribution in [2.75, 3.05) is 19.6 Å². The highest BCUT2D eigenvalue weighted by Crippen LogP contribution is 2.20. The lowest BCUT2D eigenvalue weighted by molar-refractivity contribution is -0.138. The summed E-state index contributed by atoms with van der Waals surface area (Å²) in [7, 11) is 0. The highest BCUT2D eigenvalue weighted by Gasteiger charge is 2.24. The summed E-state index contributed by atoms with van der Waals surface area (Å²) >= 11 is 0. The van der Waals surface area contributed by atoms with Gasteiger partial charge in [-0.3, -0.25) is 9.59 Å². The number of hydrogen-bond acceptors (Lipinski definition) is 3. The first-order valence-electron chi connectivity index (χ1n) is 7.02. The second-order valence-electron chi connectivity index (χ2n) is 6.35. The minimum absolute atomic E-state index is 0.0365. The van der Waals surface area contributed by atoms with Crippen LogP contribution < -0.4 is 5.32 Å². The van der Waals surface area contributed by atoms with Crippen molar-refractivity contribution < 1.29 is 14.7 Å². The molecule has 5 heteroatoms. The number of aliphatic carboxylic acids is 1. The SMILES string of the molecule is CC(C)(C)NCCC(=O)N1CCC(CC(=O)O)CC1. The van der Waals surface area contributed by atoms with Crippen LogP contribution >= 0.6 is 0 Å². The van der Waals surface area contributed by atoms with E-state index < -0.39 is 5.97 Å². The van der Waals surface area contributed by atoms with E-state index in [2.05, 4.69) is 26.1 Å². The van der Waals surface area contributed by atoms with Crippen molar-refractivity contribution in [3.63, 3.8) is 0 Å². The maximum Gasteiger partial charge on any atom is 0.303 e. The number of nitrogens with one attached hydrogen (secondary N) is 1. The molecule has 110 valence electrons. The normalized spacial score (nSPS) is 17.5. The van der Waals surface area contributed by atoms with Gasteiger partial charge < -0.3 is 15.3 Å². The van der Waals surface area contributed by atoms with E-state index in [-0.39, 0.29) is 23.8 Å². The van der Waals surface area contributed by atoms with Crippen LogP contribution in [0.1, 0.15) is 46.5 Å². The van der Waals surface area contributed by atoms with Crippen LogP contribution in [0.5, 0.6) is 0 Å². The van der Waals surface area contributed by atoms with Gasteiger partial charge in [0.15, 0.2) is 0 Å².